The summed E-state index contributed by atoms with van der Waals surface area (Å²) in [6.07, 6.45) is 0.268. The first-order valence-electron chi connectivity index (χ1n) is 4.34. The Balaban J connectivity index is 2.69. The molecule has 0 fully saturated rings. The number of aromatic nitrogens is 4. The van der Waals surface area contributed by atoms with Crippen LogP contribution in [-0.4, -0.2) is 35.8 Å². The standard InChI is InChI=1S/C8H7N4O3S/c1-3(13)5-10-8-9-2-4(7(14)15)6(16)12(8)11-5/h2-3,13H,1H3,(H,14,15). The molecule has 0 aromatic carbocycles. The Kier molecular flexibility index (Phi) is 2.44. The number of aliphatic hydroxyl groups excluding tert-OH is 1. The number of carbonyl (C=O) groups is 1. The average molecular weight is 239 g/mol. The molecule has 1 atom stereocenters. The van der Waals surface area contributed by atoms with E-state index in [2.05, 4.69) is 15.1 Å². The molecule has 83 valence electrons. The van der Waals surface area contributed by atoms with Gasteiger partial charge in [0, 0.05) is 6.20 Å². The maximum Gasteiger partial charge on any atom is 0.340 e. The number of carboxylic acids is 1. The molecule has 7 nitrogen and oxygen atoms in total. The first-order valence-corrected chi connectivity index (χ1v) is 4.75. The van der Waals surface area contributed by atoms with Crippen LogP contribution in [0.3, 0.4) is 0 Å². The monoisotopic (exact) mass is 239 g/mol. The van der Waals surface area contributed by atoms with E-state index in [0.29, 0.717) is 0 Å². The summed E-state index contributed by atoms with van der Waals surface area (Å²) in [7, 11) is 0. The van der Waals surface area contributed by atoms with Crippen LogP contribution in [-0.2, 0) is 0 Å². The third-order valence-corrected chi connectivity index (χ3v) is 2.34. The third kappa shape index (κ3) is 1.57. The van der Waals surface area contributed by atoms with Crippen molar-refractivity contribution in [2.45, 2.75) is 18.1 Å². The third-order valence-electron chi connectivity index (χ3n) is 1.94. The smallest absolute Gasteiger partial charge is 0.340 e. The minimum Gasteiger partial charge on any atom is -0.478 e. The number of rotatable bonds is 2. The molecule has 0 aliphatic heterocycles. The van der Waals surface area contributed by atoms with Crippen LogP contribution in [0.15, 0.2) is 11.2 Å². The van der Waals surface area contributed by atoms with Gasteiger partial charge in [0.1, 0.15) is 16.7 Å². The molecule has 1 radical (unpaired) electrons. The second-order valence-electron chi connectivity index (χ2n) is 3.14. The van der Waals surface area contributed by atoms with E-state index in [1.54, 1.807) is 0 Å². The summed E-state index contributed by atoms with van der Waals surface area (Å²) in [5.74, 6) is -0.847. The van der Waals surface area contributed by atoms with Crippen LogP contribution in [0.1, 0.15) is 29.2 Å². The molecule has 2 aromatic heterocycles. The summed E-state index contributed by atoms with van der Waals surface area (Å²) in [5.41, 5.74) is -0.121. The van der Waals surface area contributed by atoms with E-state index in [1.165, 1.54) is 6.92 Å². The summed E-state index contributed by atoms with van der Waals surface area (Å²) in [6, 6.07) is 0. The van der Waals surface area contributed by atoms with Crippen molar-refractivity contribution in [3.05, 3.63) is 17.6 Å². The molecule has 0 bridgehead atoms. The van der Waals surface area contributed by atoms with Gasteiger partial charge in [-0.1, -0.05) is 12.6 Å². The molecule has 8 heteroatoms. The first kappa shape index (κ1) is 10.7. The summed E-state index contributed by atoms with van der Waals surface area (Å²) in [6.45, 7) is 1.50. The topological polar surface area (TPSA) is 101 Å². The lowest BCUT2D eigenvalue weighted by atomic mass is 10.3. The van der Waals surface area contributed by atoms with Gasteiger partial charge < -0.3 is 10.2 Å². The molecular weight excluding hydrogens is 232 g/mol. The van der Waals surface area contributed by atoms with Gasteiger partial charge in [-0.05, 0) is 6.92 Å². The molecule has 0 saturated heterocycles. The van der Waals surface area contributed by atoms with Gasteiger partial charge in [-0.25, -0.2) is 9.78 Å². The highest BCUT2D eigenvalue weighted by Crippen LogP contribution is 2.15. The van der Waals surface area contributed by atoms with Crippen LogP contribution in [0.2, 0.25) is 0 Å². The normalized spacial score (nSPS) is 12.9. The molecule has 0 amide bonds. The molecule has 0 saturated carbocycles. The number of hydrogen-bond donors (Lipinski definition) is 2. The molecule has 0 spiro atoms. The van der Waals surface area contributed by atoms with Crippen molar-refractivity contribution >= 4 is 24.4 Å². The van der Waals surface area contributed by atoms with E-state index in [-0.39, 0.29) is 22.2 Å². The van der Waals surface area contributed by atoms with Crippen molar-refractivity contribution in [2.24, 2.45) is 0 Å². The Morgan fingerprint density at radius 1 is 1.62 bits per heavy atom. The van der Waals surface area contributed by atoms with Crippen LogP contribution in [0.5, 0.6) is 0 Å². The highest BCUT2D eigenvalue weighted by Gasteiger charge is 2.17. The minimum atomic E-state index is -1.17. The maximum atomic E-state index is 10.8. The Labute approximate surface area is 95.2 Å². The van der Waals surface area contributed by atoms with Crippen molar-refractivity contribution in [3.8, 4) is 0 Å². The quantitative estimate of drug-likeness (QED) is 0.737. The molecule has 2 N–H and O–H groups in total. The molecule has 2 heterocycles. The van der Waals surface area contributed by atoms with Crippen LogP contribution in [0.25, 0.3) is 5.78 Å². The molecule has 1 unspecified atom stereocenters. The van der Waals surface area contributed by atoms with Gasteiger partial charge >= 0.3 is 5.97 Å². The van der Waals surface area contributed by atoms with Crippen LogP contribution >= 0.6 is 12.6 Å². The fourth-order valence-corrected chi connectivity index (χ4v) is 1.42. The summed E-state index contributed by atoms with van der Waals surface area (Å²) in [5, 5.41) is 22.0. The van der Waals surface area contributed by atoms with E-state index < -0.39 is 12.1 Å². The van der Waals surface area contributed by atoms with Crippen LogP contribution in [0.4, 0.5) is 0 Å². The Morgan fingerprint density at radius 3 is 2.88 bits per heavy atom. The van der Waals surface area contributed by atoms with E-state index in [4.69, 9.17) is 17.7 Å². The van der Waals surface area contributed by atoms with E-state index in [1.807, 2.05) is 0 Å². The van der Waals surface area contributed by atoms with Gasteiger partial charge in [0.15, 0.2) is 5.82 Å². The Morgan fingerprint density at radius 2 is 2.31 bits per heavy atom. The predicted molar refractivity (Wildman–Crippen MR) is 54.2 cm³/mol. The van der Waals surface area contributed by atoms with Gasteiger partial charge in [0.25, 0.3) is 5.78 Å². The molecule has 0 aliphatic carbocycles. The average Bonchev–Trinajstić information content (AvgIpc) is 2.62. The Bertz CT molecular complexity index is 566. The van der Waals surface area contributed by atoms with Crippen molar-refractivity contribution in [2.75, 3.05) is 0 Å². The zero-order valence-electron chi connectivity index (χ0n) is 8.15. The molecule has 16 heavy (non-hydrogen) atoms. The largest absolute Gasteiger partial charge is 0.478 e. The maximum absolute atomic E-state index is 10.8. The van der Waals surface area contributed by atoms with Gasteiger partial charge in [-0.2, -0.15) is 9.50 Å². The van der Waals surface area contributed by atoms with E-state index in [9.17, 15) is 9.90 Å². The van der Waals surface area contributed by atoms with Crippen molar-refractivity contribution < 1.29 is 15.0 Å². The number of aromatic carboxylic acids is 1. The number of aliphatic hydroxyl groups is 1. The lowest BCUT2D eigenvalue weighted by Gasteiger charge is -1.98. The molecule has 2 rings (SSSR count). The molecule has 2 aromatic rings. The number of nitrogens with zero attached hydrogens (tertiary/aromatic N) is 4. The highest BCUT2D eigenvalue weighted by atomic mass is 32.1. The lowest BCUT2D eigenvalue weighted by Crippen LogP contribution is -2.05. The molecular formula is C8H7N4O3S. The summed E-state index contributed by atoms with van der Waals surface area (Å²) in [4.78, 5) is 18.5. The van der Waals surface area contributed by atoms with E-state index >= 15 is 0 Å². The second-order valence-corrected chi connectivity index (χ2v) is 3.53. The zero-order chi connectivity index (χ0) is 11.9. The lowest BCUT2D eigenvalue weighted by molar-refractivity contribution is 0.0691. The summed E-state index contributed by atoms with van der Waals surface area (Å²) < 4.78 is 1.13. The first-order chi connectivity index (χ1) is 7.50. The fourth-order valence-electron chi connectivity index (χ4n) is 1.15. The Hall–Kier alpha value is -1.80. The van der Waals surface area contributed by atoms with Gasteiger partial charge in [0.2, 0.25) is 0 Å². The second kappa shape index (κ2) is 3.65. The number of carboxylic acid groups (broad SMARTS) is 1. The SMILES string of the molecule is CC(O)c1nc2ncc(C(=O)O)c([S])n2n1. The minimum absolute atomic E-state index is 0.0110. The van der Waals surface area contributed by atoms with E-state index in [0.717, 1.165) is 10.7 Å². The zero-order valence-corrected chi connectivity index (χ0v) is 8.97. The highest BCUT2D eigenvalue weighted by molar-refractivity contribution is 7.80. The predicted octanol–water partition coefficient (Wildman–Crippen LogP) is 0.432. The van der Waals surface area contributed by atoms with Crippen molar-refractivity contribution in [3.63, 3.8) is 0 Å². The summed E-state index contributed by atoms with van der Waals surface area (Å²) >= 11 is 4.93. The van der Waals surface area contributed by atoms with Crippen LogP contribution in [0, 0.1) is 0 Å². The van der Waals surface area contributed by atoms with Gasteiger partial charge in [-0.3, -0.25) is 0 Å². The van der Waals surface area contributed by atoms with Crippen molar-refractivity contribution in [1.82, 2.24) is 19.6 Å². The number of fused-ring (bicyclic) bond motifs is 1. The van der Waals surface area contributed by atoms with Crippen LogP contribution < -0.4 is 0 Å². The van der Waals surface area contributed by atoms with Gasteiger partial charge in [-0.15, -0.1) is 5.10 Å². The van der Waals surface area contributed by atoms with Crippen molar-refractivity contribution in [1.29, 1.82) is 0 Å². The fraction of sp³-hybridized carbons (Fsp3) is 0.250. The van der Waals surface area contributed by atoms with Gasteiger partial charge in [0.05, 0.1) is 0 Å². The number of hydrogen-bond acceptors (Lipinski definition) is 5. The molecule has 0 aliphatic rings.